The molecular weight excluding hydrogens is 325 g/mol. The van der Waals surface area contributed by atoms with Gasteiger partial charge in [0.15, 0.2) is 11.7 Å². The molecule has 0 aliphatic rings. The van der Waals surface area contributed by atoms with Gasteiger partial charge in [0.05, 0.1) is 5.69 Å². The van der Waals surface area contributed by atoms with Crippen molar-refractivity contribution in [2.75, 3.05) is 26.3 Å². The summed E-state index contributed by atoms with van der Waals surface area (Å²) in [6.07, 6.45) is -3.84. The van der Waals surface area contributed by atoms with Gasteiger partial charge >= 0.3 is 6.18 Å². The average molecular weight is 350 g/mol. The summed E-state index contributed by atoms with van der Waals surface area (Å²) in [6, 6.07) is 1.86. The lowest BCUT2D eigenvalue weighted by molar-refractivity contribution is -0.173. The Kier molecular flexibility index (Phi) is 8.59. The minimum Gasteiger partial charge on any atom is -0.372 e. The molecule has 138 valence electrons. The van der Waals surface area contributed by atoms with Gasteiger partial charge in [-0.05, 0) is 19.3 Å². The van der Waals surface area contributed by atoms with Crippen LogP contribution in [0, 0.1) is 0 Å². The molecule has 0 unspecified atom stereocenters. The van der Waals surface area contributed by atoms with Crippen molar-refractivity contribution in [3.05, 3.63) is 17.5 Å². The number of halogens is 3. The fraction of sp³-hybridized carbons (Fsp3) is 0.733. The molecule has 0 fully saturated rings. The molecule has 0 aromatic carbocycles. The van der Waals surface area contributed by atoms with E-state index in [-0.39, 0.29) is 12.5 Å². The molecule has 0 spiro atoms. The van der Waals surface area contributed by atoms with Crippen molar-refractivity contribution in [1.29, 1.82) is 0 Å². The normalized spacial score (nSPS) is 12.7. The minimum absolute atomic E-state index is 0.0335. The first-order chi connectivity index (χ1) is 11.3. The van der Waals surface area contributed by atoms with Crippen LogP contribution in [0.15, 0.2) is 15.6 Å². The molecule has 6 nitrogen and oxygen atoms in total. The number of nitrogens with one attached hydrogen (secondary N) is 2. The Morgan fingerprint density at radius 3 is 2.71 bits per heavy atom. The molecule has 0 saturated heterocycles. The maximum atomic E-state index is 11.9. The highest BCUT2D eigenvalue weighted by molar-refractivity contribution is 5.79. The van der Waals surface area contributed by atoms with E-state index in [4.69, 9.17) is 4.52 Å². The van der Waals surface area contributed by atoms with Crippen LogP contribution in [0.5, 0.6) is 0 Å². The van der Waals surface area contributed by atoms with E-state index in [1.54, 1.807) is 0 Å². The maximum absolute atomic E-state index is 11.9. The Morgan fingerprint density at radius 1 is 1.38 bits per heavy atom. The third-order valence-electron chi connectivity index (χ3n) is 2.93. The molecule has 1 heterocycles. The van der Waals surface area contributed by atoms with Crippen molar-refractivity contribution in [1.82, 2.24) is 15.8 Å². The fourth-order valence-electron chi connectivity index (χ4n) is 1.74. The number of aromatic nitrogens is 1. The molecule has 24 heavy (non-hydrogen) atoms. The van der Waals surface area contributed by atoms with E-state index in [1.807, 2.05) is 26.8 Å². The topological polar surface area (TPSA) is 71.7 Å². The van der Waals surface area contributed by atoms with Crippen molar-refractivity contribution in [3.8, 4) is 0 Å². The van der Waals surface area contributed by atoms with Crippen LogP contribution >= 0.6 is 0 Å². The monoisotopic (exact) mass is 350 g/mol. The van der Waals surface area contributed by atoms with Crippen molar-refractivity contribution in [3.63, 3.8) is 0 Å². The van der Waals surface area contributed by atoms with Gasteiger partial charge in [0, 0.05) is 25.8 Å². The molecule has 0 bridgehead atoms. The van der Waals surface area contributed by atoms with E-state index in [0.29, 0.717) is 37.8 Å². The van der Waals surface area contributed by atoms with Crippen LogP contribution < -0.4 is 10.6 Å². The fourth-order valence-corrected chi connectivity index (χ4v) is 1.74. The van der Waals surface area contributed by atoms with Gasteiger partial charge in [-0.1, -0.05) is 19.0 Å². The number of ether oxygens (including phenoxy) is 1. The summed E-state index contributed by atoms with van der Waals surface area (Å²) >= 11 is 0. The first-order valence-electron chi connectivity index (χ1n) is 7.94. The summed E-state index contributed by atoms with van der Waals surface area (Å²) in [4.78, 5) is 4.35. The van der Waals surface area contributed by atoms with Crippen LogP contribution in [-0.4, -0.2) is 43.6 Å². The second-order valence-electron chi connectivity index (χ2n) is 5.52. The molecule has 0 aliphatic heterocycles. The van der Waals surface area contributed by atoms with Gasteiger partial charge in [-0.25, -0.2) is 4.99 Å². The Labute approximate surface area is 139 Å². The Morgan fingerprint density at radius 2 is 2.12 bits per heavy atom. The predicted octanol–water partition coefficient (Wildman–Crippen LogP) is 2.82. The third kappa shape index (κ3) is 8.76. The zero-order chi connectivity index (χ0) is 18.0. The number of hydrogen-bond donors (Lipinski definition) is 2. The molecule has 1 aromatic heterocycles. The first-order valence-corrected chi connectivity index (χ1v) is 7.94. The van der Waals surface area contributed by atoms with E-state index in [9.17, 15) is 13.2 Å². The van der Waals surface area contributed by atoms with E-state index in [2.05, 4.69) is 25.5 Å². The third-order valence-corrected chi connectivity index (χ3v) is 2.93. The molecule has 2 N–H and O–H groups in total. The summed E-state index contributed by atoms with van der Waals surface area (Å²) < 4.78 is 45.5. The zero-order valence-corrected chi connectivity index (χ0v) is 14.2. The minimum atomic E-state index is -4.28. The number of rotatable bonds is 9. The number of nitrogens with zero attached hydrogens (tertiary/aromatic N) is 2. The summed E-state index contributed by atoms with van der Waals surface area (Å²) in [7, 11) is 0. The number of aliphatic imine (C=N–C) groups is 1. The molecule has 9 heteroatoms. The first kappa shape index (κ1) is 20.3. The number of guanidine groups is 1. The van der Waals surface area contributed by atoms with Gasteiger partial charge in [-0.3, -0.25) is 0 Å². The molecule has 0 amide bonds. The van der Waals surface area contributed by atoms with Crippen LogP contribution in [0.1, 0.15) is 44.6 Å². The quantitative estimate of drug-likeness (QED) is 0.407. The van der Waals surface area contributed by atoms with Crippen LogP contribution in [0.4, 0.5) is 13.2 Å². The molecular formula is C15H25F3N4O2. The molecule has 1 rings (SSSR count). The Hall–Kier alpha value is -1.77. The lowest BCUT2D eigenvalue weighted by atomic mass is 10.1. The van der Waals surface area contributed by atoms with Gasteiger partial charge in [-0.15, -0.1) is 0 Å². The predicted molar refractivity (Wildman–Crippen MR) is 84.9 cm³/mol. The lowest BCUT2D eigenvalue weighted by Gasteiger charge is -2.11. The van der Waals surface area contributed by atoms with E-state index in [0.717, 1.165) is 5.69 Å². The van der Waals surface area contributed by atoms with Crippen molar-refractivity contribution < 1.29 is 22.4 Å². The van der Waals surface area contributed by atoms with Gasteiger partial charge < -0.3 is 19.9 Å². The van der Waals surface area contributed by atoms with Crippen LogP contribution in [0.25, 0.3) is 0 Å². The van der Waals surface area contributed by atoms with Gasteiger partial charge in [-0.2, -0.15) is 13.2 Å². The number of hydrogen-bond acceptors (Lipinski definition) is 4. The molecule has 0 atom stereocenters. The van der Waals surface area contributed by atoms with Gasteiger partial charge in [0.2, 0.25) is 0 Å². The van der Waals surface area contributed by atoms with Crippen molar-refractivity contribution in [2.24, 2.45) is 4.99 Å². The standard InChI is InChI=1S/C15H25F3N4O2/c1-4-19-14(20-6-5-7-23-10-15(16,17)18)21-9-12-8-13(11(2)3)22-24-12/h8,11H,4-7,9-10H2,1-3H3,(H2,19,20,21). The molecule has 1 aromatic rings. The zero-order valence-electron chi connectivity index (χ0n) is 14.2. The lowest BCUT2D eigenvalue weighted by Crippen LogP contribution is -2.38. The SMILES string of the molecule is CCNC(=NCc1cc(C(C)C)no1)NCCCOCC(F)(F)F. The van der Waals surface area contributed by atoms with E-state index < -0.39 is 12.8 Å². The Balaban J connectivity index is 2.34. The average Bonchev–Trinajstić information content (AvgIpc) is 2.96. The second kappa shape index (κ2) is 10.2. The summed E-state index contributed by atoms with van der Waals surface area (Å²) in [5.41, 5.74) is 0.875. The summed E-state index contributed by atoms with van der Waals surface area (Å²) in [5.74, 6) is 1.51. The van der Waals surface area contributed by atoms with Crippen LogP contribution in [-0.2, 0) is 11.3 Å². The van der Waals surface area contributed by atoms with Crippen molar-refractivity contribution in [2.45, 2.75) is 45.8 Å². The summed E-state index contributed by atoms with van der Waals surface area (Å²) in [5, 5.41) is 10.0. The molecule has 0 saturated carbocycles. The highest BCUT2D eigenvalue weighted by atomic mass is 19.4. The highest BCUT2D eigenvalue weighted by Gasteiger charge is 2.27. The van der Waals surface area contributed by atoms with Crippen LogP contribution in [0.3, 0.4) is 0 Å². The maximum Gasteiger partial charge on any atom is 0.411 e. The Bertz CT molecular complexity index is 501. The second-order valence-corrected chi connectivity index (χ2v) is 5.52. The number of alkyl halides is 3. The smallest absolute Gasteiger partial charge is 0.372 e. The van der Waals surface area contributed by atoms with E-state index in [1.165, 1.54) is 0 Å². The summed E-state index contributed by atoms with van der Waals surface area (Å²) in [6.45, 7) is 6.25. The van der Waals surface area contributed by atoms with Crippen LogP contribution in [0.2, 0.25) is 0 Å². The highest BCUT2D eigenvalue weighted by Crippen LogP contribution is 2.15. The molecule has 0 aliphatic carbocycles. The van der Waals surface area contributed by atoms with Gasteiger partial charge in [0.1, 0.15) is 13.2 Å². The molecule has 0 radical (unpaired) electrons. The van der Waals surface area contributed by atoms with Crippen molar-refractivity contribution >= 4 is 5.96 Å². The van der Waals surface area contributed by atoms with Gasteiger partial charge in [0.25, 0.3) is 0 Å². The largest absolute Gasteiger partial charge is 0.411 e. The van der Waals surface area contributed by atoms with E-state index >= 15 is 0 Å².